The molecular weight excluding hydrogens is 380 g/mol. The van der Waals surface area contributed by atoms with Crippen LogP contribution in [0.1, 0.15) is 6.92 Å². The highest BCUT2D eigenvalue weighted by Crippen LogP contribution is 2.22. The number of nitrogens with zero attached hydrogens (tertiary/aromatic N) is 3. The van der Waals surface area contributed by atoms with Crippen molar-refractivity contribution in [3.05, 3.63) is 83.3 Å². The Hall–Kier alpha value is -4.00. The Labute approximate surface area is 173 Å². The lowest BCUT2D eigenvalue weighted by Crippen LogP contribution is -2.22. The number of hydrogen-bond acceptors (Lipinski definition) is 5. The molecular formula is C23H20N4O3. The van der Waals surface area contributed by atoms with Crippen LogP contribution in [0.25, 0.3) is 22.3 Å². The number of amides is 1. The molecule has 0 saturated carbocycles. The number of nitrogens with one attached hydrogen (secondary N) is 1. The SMILES string of the molecule is CCn1c(-c2ccc(OCC(=O)Nc3ccccn3)cc2)nc2ccccc2c1=O. The zero-order chi connectivity index (χ0) is 20.9. The summed E-state index contributed by atoms with van der Waals surface area (Å²) in [7, 11) is 0. The molecule has 4 rings (SSSR count). The van der Waals surface area contributed by atoms with E-state index in [0.29, 0.717) is 34.8 Å². The Morgan fingerprint density at radius 2 is 1.80 bits per heavy atom. The van der Waals surface area contributed by atoms with Crippen LogP contribution in [0.5, 0.6) is 5.75 Å². The molecule has 0 atom stereocenters. The van der Waals surface area contributed by atoms with E-state index < -0.39 is 0 Å². The van der Waals surface area contributed by atoms with Crippen LogP contribution in [0.2, 0.25) is 0 Å². The average Bonchev–Trinajstić information content (AvgIpc) is 2.79. The van der Waals surface area contributed by atoms with Crippen LogP contribution in [-0.4, -0.2) is 27.0 Å². The van der Waals surface area contributed by atoms with Gasteiger partial charge in [0.1, 0.15) is 17.4 Å². The Kier molecular flexibility index (Phi) is 5.52. The van der Waals surface area contributed by atoms with Gasteiger partial charge in [-0.25, -0.2) is 9.97 Å². The second-order valence-electron chi connectivity index (χ2n) is 6.58. The molecule has 2 aromatic heterocycles. The third-order valence-electron chi connectivity index (χ3n) is 4.59. The number of rotatable bonds is 6. The molecule has 0 aliphatic carbocycles. The first-order chi connectivity index (χ1) is 14.7. The Bertz CT molecular complexity index is 1240. The number of fused-ring (bicyclic) bond motifs is 1. The third kappa shape index (κ3) is 4.05. The number of aromatic nitrogens is 3. The van der Waals surface area contributed by atoms with Crippen molar-refractivity contribution in [1.82, 2.24) is 14.5 Å². The summed E-state index contributed by atoms with van der Waals surface area (Å²) in [6, 6.07) is 19.7. The highest BCUT2D eigenvalue weighted by atomic mass is 16.5. The molecule has 0 bridgehead atoms. The van der Waals surface area contributed by atoms with Gasteiger partial charge in [-0.15, -0.1) is 0 Å². The minimum absolute atomic E-state index is 0.0652. The van der Waals surface area contributed by atoms with Crippen molar-refractivity contribution in [3.63, 3.8) is 0 Å². The molecule has 1 N–H and O–H groups in total. The first-order valence-electron chi connectivity index (χ1n) is 9.59. The highest BCUT2D eigenvalue weighted by molar-refractivity contribution is 5.90. The van der Waals surface area contributed by atoms with Crippen molar-refractivity contribution in [1.29, 1.82) is 0 Å². The fourth-order valence-corrected chi connectivity index (χ4v) is 3.15. The zero-order valence-electron chi connectivity index (χ0n) is 16.4. The van der Waals surface area contributed by atoms with Crippen LogP contribution >= 0.6 is 0 Å². The van der Waals surface area contributed by atoms with Gasteiger partial charge < -0.3 is 10.1 Å². The summed E-state index contributed by atoms with van der Waals surface area (Å²) >= 11 is 0. The number of benzene rings is 2. The Morgan fingerprint density at radius 3 is 2.53 bits per heavy atom. The van der Waals surface area contributed by atoms with Gasteiger partial charge in [0.05, 0.1) is 10.9 Å². The lowest BCUT2D eigenvalue weighted by Gasteiger charge is -2.12. The van der Waals surface area contributed by atoms with Crippen LogP contribution in [-0.2, 0) is 11.3 Å². The number of para-hydroxylation sites is 1. The van der Waals surface area contributed by atoms with Crippen LogP contribution < -0.4 is 15.6 Å². The molecule has 0 saturated heterocycles. The van der Waals surface area contributed by atoms with Gasteiger partial charge in [-0.2, -0.15) is 0 Å². The van der Waals surface area contributed by atoms with Crippen LogP contribution in [0.15, 0.2) is 77.7 Å². The molecule has 0 aliphatic rings. The minimum Gasteiger partial charge on any atom is -0.484 e. The van der Waals surface area contributed by atoms with Crippen molar-refractivity contribution < 1.29 is 9.53 Å². The summed E-state index contributed by atoms with van der Waals surface area (Å²) in [6.07, 6.45) is 1.60. The van der Waals surface area contributed by atoms with Crippen LogP contribution in [0.4, 0.5) is 5.82 Å². The molecule has 0 radical (unpaired) electrons. The second-order valence-corrected chi connectivity index (χ2v) is 6.58. The van der Waals surface area contributed by atoms with Gasteiger partial charge in [0.25, 0.3) is 11.5 Å². The van der Waals surface area contributed by atoms with Gasteiger partial charge in [0.2, 0.25) is 0 Å². The maximum atomic E-state index is 12.8. The normalized spacial score (nSPS) is 10.7. The molecule has 0 aliphatic heterocycles. The standard InChI is InChI=1S/C23H20N4O3/c1-2-27-22(25-19-8-4-3-7-18(19)23(27)29)16-10-12-17(13-11-16)30-15-21(28)26-20-9-5-6-14-24-20/h3-14H,2,15H2,1H3,(H,24,26,28). The summed E-state index contributed by atoms with van der Waals surface area (Å²) in [5.41, 5.74) is 1.39. The molecule has 4 aromatic rings. The maximum absolute atomic E-state index is 12.8. The lowest BCUT2D eigenvalue weighted by molar-refractivity contribution is -0.118. The quantitative estimate of drug-likeness (QED) is 0.535. The van der Waals surface area contributed by atoms with Gasteiger partial charge in [-0.1, -0.05) is 18.2 Å². The average molecular weight is 400 g/mol. The molecule has 150 valence electrons. The van der Waals surface area contributed by atoms with Gasteiger partial charge in [0, 0.05) is 18.3 Å². The van der Waals surface area contributed by atoms with Crippen molar-refractivity contribution in [2.75, 3.05) is 11.9 Å². The van der Waals surface area contributed by atoms with E-state index in [2.05, 4.69) is 15.3 Å². The smallest absolute Gasteiger partial charge is 0.263 e. The predicted octanol–water partition coefficient (Wildman–Crippen LogP) is 3.50. The number of carbonyl (C=O) groups is 1. The van der Waals surface area contributed by atoms with Crippen LogP contribution in [0.3, 0.4) is 0 Å². The van der Waals surface area contributed by atoms with Gasteiger partial charge >= 0.3 is 0 Å². The lowest BCUT2D eigenvalue weighted by atomic mass is 10.1. The summed E-state index contributed by atoms with van der Waals surface area (Å²) in [6.45, 7) is 2.29. The first-order valence-corrected chi connectivity index (χ1v) is 9.59. The molecule has 30 heavy (non-hydrogen) atoms. The van der Waals surface area contributed by atoms with Gasteiger partial charge in [0.15, 0.2) is 6.61 Å². The largest absolute Gasteiger partial charge is 0.484 e. The number of carbonyl (C=O) groups excluding carboxylic acids is 1. The summed E-state index contributed by atoms with van der Waals surface area (Å²) in [5.74, 6) is 1.32. The number of ether oxygens (including phenoxy) is 1. The van der Waals surface area contributed by atoms with Gasteiger partial charge in [-0.3, -0.25) is 14.2 Å². The number of pyridine rings is 1. The van der Waals surface area contributed by atoms with Crippen molar-refractivity contribution in [2.45, 2.75) is 13.5 Å². The van der Waals surface area contributed by atoms with E-state index in [1.807, 2.05) is 37.3 Å². The maximum Gasteiger partial charge on any atom is 0.263 e. The predicted molar refractivity (Wildman–Crippen MR) is 115 cm³/mol. The van der Waals surface area contributed by atoms with Crippen LogP contribution in [0, 0.1) is 0 Å². The van der Waals surface area contributed by atoms with Crippen molar-refractivity contribution in [3.8, 4) is 17.1 Å². The van der Waals surface area contributed by atoms with Gasteiger partial charge in [-0.05, 0) is 55.5 Å². The molecule has 2 aromatic carbocycles. The second kappa shape index (κ2) is 8.57. The number of anilines is 1. The molecule has 7 heteroatoms. The third-order valence-corrected chi connectivity index (χ3v) is 4.59. The molecule has 2 heterocycles. The molecule has 7 nitrogen and oxygen atoms in total. The molecule has 0 unspecified atom stereocenters. The summed E-state index contributed by atoms with van der Waals surface area (Å²) in [4.78, 5) is 33.5. The Balaban J connectivity index is 1.51. The minimum atomic E-state index is -0.297. The number of hydrogen-bond donors (Lipinski definition) is 1. The van der Waals surface area contributed by atoms with E-state index in [0.717, 1.165) is 5.56 Å². The fourth-order valence-electron chi connectivity index (χ4n) is 3.15. The molecule has 1 amide bonds. The topological polar surface area (TPSA) is 86.1 Å². The van der Waals surface area contributed by atoms with E-state index in [1.165, 1.54) is 0 Å². The Morgan fingerprint density at radius 1 is 1.03 bits per heavy atom. The van der Waals surface area contributed by atoms with E-state index in [-0.39, 0.29) is 18.1 Å². The molecule has 0 fully saturated rings. The van der Waals surface area contributed by atoms with Crippen molar-refractivity contribution >= 4 is 22.6 Å². The first kappa shape index (κ1) is 19.3. The summed E-state index contributed by atoms with van der Waals surface area (Å²) < 4.78 is 7.20. The van der Waals surface area contributed by atoms with E-state index in [9.17, 15) is 9.59 Å². The fraction of sp³-hybridized carbons (Fsp3) is 0.130. The van der Waals surface area contributed by atoms with Crippen molar-refractivity contribution in [2.24, 2.45) is 0 Å². The van der Waals surface area contributed by atoms with E-state index in [4.69, 9.17) is 4.74 Å². The van der Waals surface area contributed by atoms with E-state index in [1.54, 1.807) is 47.2 Å². The van der Waals surface area contributed by atoms with E-state index >= 15 is 0 Å². The summed E-state index contributed by atoms with van der Waals surface area (Å²) in [5, 5.41) is 3.26. The monoisotopic (exact) mass is 400 g/mol. The zero-order valence-corrected chi connectivity index (χ0v) is 16.4. The molecule has 0 spiro atoms. The highest BCUT2D eigenvalue weighted by Gasteiger charge is 2.12.